The van der Waals surface area contributed by atoms with Crippen molar-refractivity contribution < 1.29 is 14.7 Å². The summed E-state index contributed by atoms with van der Waals surface area (Å²) in [7, 11) is 0. The minimum atomic E-state index is -1.09. The number of rotatable bonds is 3. The molecular weight excluding hydrogens is 370 g/mol. The van der Waals surface area contributed by atoms with E-state index < -0.39 is 5.97 Å². The number of pyridine rings is 1. The van der Waals surface area contributed by atoms with E-state index in [1.807, 2.05) is 30.3 Å². The Hall–Kier alpha value is -3.74. The summed E-state index contributed by atoms with van der Waals surface area (Å²) in [6.45, 7) is 1.46. The van der Waals surface area contributed by atoms with Crippen LogP contribution in [-0.4, -0.2) is 26.4 Å². The lowest BCUT2D eigenvalue weighted by Gasteiger charge is -2.19. The SMILES string of the molecule is CC(=O)Nc1ccccc1/C=C1\CCCc2c1nc1ccc(C(=O)O)cn1c2=O. The number of hydrogen-bond acceptors (Lipinski definition) is 4. The van der Waals surface area contributed by atoms with E-state index in [0.717, 1.165) is 24.0 Å². The summed E-state index contributed by atoms with van der Waals surface area (Å²) < 4.78 is 1.30. The Labute approximate surface area is 166 Å². The molecule has 2 heterocycles. The Morgan fingerprint density at radius 3 is 2.72 bits per heavy atom. The summed E-state index contributed by atoms with van der Waals surface area (Å²) in [6, 6.07) is 10.4. The topological polar surface area (TPSA) is 101 Å². The Morgan fingerprint density at radius 1 is 1.17 bits per heavy atom. The van der Waals surface area contributed by atoms with Gasteiger partial charge in [-0.1, -0.05) is 18.2 Å². The summed E-state index contributed by atoms with van der Waals surface area (Å²) in [5.74, 6) is -1.25. The largest absolute Gasteiger partial charge is 0.478 e. The third-order valence-corrected chi connectivity index (χ3v) is 4.94. The van der Waals surface area contributed by atoms with Gasteiger partial charge in [0.1, 0.15) is 5.65 Å². The maximum absolute atomic E-state index is 13.0. The summed E-state index contributed by atoms with van der Waals surface area (Å²) in [5, 5.41) is 12.0. The van der Waals surface area contributed by atoms with E-state index in [0.29, 0.717) is 29.0 Å². The number of aromatic nitrogens is 2. The molecule has 0 atom stereocenters. The van der Waals surface area contributed by atoms with Crippen LogP contribution in [0, 0.1) is 0 Å². The number of nitrogens with one attached hydrogen (secondary N) is 1. The van der Waals surface area contributed by atoms with Crippen LogP contribution < -0.4 is 10.9 Å². The van der Waals surface area contributed by atoms with E-state index in [1.54, 1.807) is 6.07 Å². The minimum Gasteiger partial charge on any atom is -0.478 e. The molecular formula is C22H19N3O4. The maximum Gasteiger partial charge on any atom is 0.337 e. The summed E-state index contributed by atoms with van der Waals surface area (Å²) >= 11 is 0. The molecule has 7 nitrogen and oxygen atoms in total. The first-order valence-corrected chi connectivity index (χ1v) is 9.30. The number of fused-ring (bicyclic) bond motifs is 2. The van der Waals surface area contributed by atoms with Crippen molar-refractivity contribution >= 4 is 34.9 Å². The van der Waals surface area contributed by atoms with Gasteiger partial charge in [0.25, 0.3) is 5.56 Å². The fraction of sp³-hybridized carbons (Fsp3) is 0.182. The number of carboxylic acids is 1. The number of carbonyl (C=O) groups excluding carboxylic acids is 1. The van der Waals surface area contributed by atoms with Gasteiger partial charge in [-0.15, -0.1) is 0 Å². The van der Waals surface area contributed by atoms with Gasteiger partial charge in [0.05, 0.1) is 11.3 Å². The van der Waals surface area contributed by atoms with Crippen LogP contribution in [0.5, 0.6) is 0 Å². The molecule has 2 aromatic heterocycles. The zero-order chi connectivity index (χ0) is 20.5. The number of nitrogens with zero attached hydrogens (tertiary/aromatic N) is 2. The molecule has 0 saturated carbocycles. The number of amides is 1. The van der Waals surface area contributed by atoms with Crippen molar-refractivity contribution in [2.75, 3.05) is 5.32 Å². The second kappa shape index (κ2) is 7.35. The van der Waals surface area contributed by atoms with Crippen molar-refractivity contribution in [3.05, 3.63) is 75.3 Å². The lowest BCUT2D eigenvalue weighted by atomic mass is 9.90. The van der Waals surface area contributed by atoms with Gasteiger partial charge < -0.3 is 10.4 Å². The molecule has 3 aromatic rings. The van der Waals surface area contributed by atoms with Crippen LogP contribution in [0.2, 0.25) is 0 Å². The molecule has 2 N–H and O–H groups in total. The van der Waals surface area contributed by atoms with Crippen LogP contribution in [0.15, 0.2) is 47.4 Å². The van der Waals surface area contributed by atoms with Crippen LogP contribution in [0.25, 0.3) is 17.3 Å². The zero-order valence-electron chi connectivity index (χ0n) is 15.8. The van der Waals surface area contributed by atoms with Gasteiger partial charge in [-0.2, -0.15) is 0 Å². The van der Waals surface area contributed by atoms with Gasteiger partial charge in [-0.05, 0) is 54.7 Å². The quantitative estimate of drug-likeness (QED) is 0.716. The summed E-state index contributed by atoms with van der Waals surface area (Å²) in [6.07, 6.45) is 5.42. The molecule has 0 aliphatic heterocycles. The van der Waals surface area contributed by atoms with Crippen molar-refractivity contribution in [3.8, 4) is 0 Å². The summed E-state index contributed by atoms with van der Waals surface area (Å²) in [4.78, 5) is 40.4. The van der Waals surface area contributed by atoms with Crippen molar-refractivity contribution in [2.24, 2.45) is 0 Å². The highest BCUT2D eigenvalue weighted by Crippen LogP contribution is 2.31. The van der Waals surface area contributed by atoms with Crippen molar-refractivity contribution in [3.63, 3.8) is 0 Å². The number of anilines is 1. The van der Waals surface area contributed by atoms with Gasteiger partial charge in [0, 0.05) is 24.4 Å². The number of allylic oxidation sites excluding steroid dienone is 1. The lowest BCUT2D eigenvalue weighted by molar-refractivity contribution is -0.114. The Bertz CT molecular complexity index is 1240. The molecule has 0 spiro atoms. The van der Waals surface area contributed by atoms with E-state index in [-0.39, 0.29) is 17.0 Å². The van der Waals surface area contributed by atoms with Crippen LogP contribution in [0.4, 0.5) is 5.69 Å². The minimum absolute atomic E-state index is 0.0390. The molecule has 1 amide bonds. The molecule has 1 aliphatic rings. The predicted octanol–water partition coefficient (Wildman–Crippen LogP) is 3.23. The average molecular weight is 389 g/mol. The molecule has 0 saturated heterocycles. The Balaban J connectivity index is 1.87. The molecule has 7 heteroatoms. The number of carboxylic acid groups (broad SMARTS) is 1. The molecule has 146 valence electrons. The number of hydrogen-bond donors (Lipinski definition) is 2. The standard InChI is InChI=1S/C22H19N3O4/c1-13(26)23-18-8-3-2-5-14(18)11-15-6-4-7-17-20(15)24-19-10-9-16(22(28)29)12-25(19)21(17)27/h2-3,5,8-12H,4,6-7H2,1H3,(H,23,26)(H,28,29)/b15-11+. The third kappa shape index (κ3) is 3.54. The van der Waals surface area contributed by atoms with Crippen LogP contribution >= 0.6 is 0 Å². The van der Waals surface area contributed by atoms with Crippen LogP contribution in [-0.2, 0) is 11.2 Å². The van der Waals surface area contributed by atoms with Crippen molar-refractivity contribution in [1.29, 1.82) is 0 Å². The van der Waals surface area contributed by atoms with Gasteiger partial charge in [0.15, 0.2) is 0 Å². The van der Waals surface area contributed by atoms with E-state index in [9.17, 15) is 19.5 Å². The number of para-hydroxylation sites is 1. The highest BCUT2D eigenvalue weighted by atomic mass is 16.4. The highest BCUT2D eigenvalue weighted by molar-refractivity contribution is 5.94. The average Bonchev–Trinajstić information content (AvgIpc) is 2.69. The van der Waals surface area contributed by atoms with E-state index in [4.69, 9.17) is 0 Å². The monoisotopic (exact) mass is 389 g/mol. The van der Waals surface area contributed by atoms with Gasteiger partial charge in [-0.25, -0.2) is 9.78 Å². The number of benzene rings is 1. The molecule has 1 aliphatic carbocycles. The molecule has 0 radical (unpaired) electrons. The first kappa shape index (κ1) is 18.6. The first-order valence-electron chi connectivity index (χ1n) is 9.30. The lowest BCUT2D eigenvalue weighted by Crippen LogP contribution is -2.25. The Morgan fingerprint density at radius 2 is 1.97 bits per heavy atom. The summed E-state index contributed by atoms with van der Waals surface area (Å²) in [5.41, 5.74) is 3.89. The predicted molar refractivity (Wildman–Crippen MR) is 110 cm³/mol. The zero-order valence-corrected chi connectivity index (χ0v) is 15.8. The molecule has 0 unspecified atom stereocenters. The van der Waals surface area contributed by atoms with E-state index in [2.05, 4.69) is 10.3 Å². The van der Waals surface area contributed by atoms with Gasteiger partial charge in [-0.3, -0.25) is 14.0 Å². The molecule has 4 rings (SSSR count). The normalized spacial score (nSPS) is 14.6. The van der Waals surface area contributed by atoms with E-state index >= 15 is 0 Å². The third-order valence-electron chi connectivity index (χ3n) is 4.94. The molecule has 0 fully saturated rings. The Kier molecular flexibility index (Phi) is 4.72. The van der Waals surface area contributed by atoms with Crippen molar-refractivity contribution in [1.82, 2.24) is 9.38 Å². The smallest absolute Gasteiger partial charge is 0.337 e. The van der Waals surface area contributed by atoms with Gasteiger partial charge >= 0.3 is 5.97 Å². The van der Waals surface area contributed by atoms with Gasteiger partial charge in [0.2, 0.25) is 5.91 Å². The highest BCUT2D eigenvalue weighted by Gasteiger charge is 2.21. The number of carbonyl (C=O) groups is 2. The fourth-order valence-electron chi connectivity index (χ4n) is 3.62. The maximum atomic E-state index is 13.0. The van der Waals surface area contributed by atoms with E-state index in [1.165, 1.54) is 23.6 Å². The van der Waals surface area contributed by atoms with Crippen LogP contribution in [0.3, 0.4) is 0 Å². The van der Waals surface area contributed by atoms with Crippen LogP contribution in [0.1, 0.15) is 46.9 Å². The molecule has 29 heavy (non-hydrogen) atoms. The fourth-order valence-corrected chi connectivity index (χ4v) is 3.62. The molecule has 1 aromatic carbocycles. The second-order valence-electron chi connectivity index (χ2n) is 6.99. The number of aromatic carboxylic acids is 1. The molecule has 0 bridgehead atoms. The second-order valence-corrected chi connectivity index (χ2v) is 6.99. The van der Waals surface area contributed by atoms with Crippen molar-refractivity contribution in [2.45, 2.75) is 26.2 Å². The first-order chi connectivity index (χ1) is 13.9.